The van der Waals surface area contributed by atoms with Gasteiger partial charge in [0.15, 0.2) is 0 Å². The molecule has 2 aromatic rings. The van der Waals surface area contributed by atoms with E-state index in [1.54, 1.807) is 0 Å². The van der Waals surface area contributed by atoms with Crippen molar-refractivity contribution in [2.24, 2.45) is 0 Å². The van der Waals surface area contributed by atoms with E-state index >= 15 is 0 Å². The summed E-state index contributed by atoms with van der Waals surface area (Å²) in [5.41, 5.74) is 2.47. The number of nitrogens with one attached hydrogen (secondary N) is 1. The largest absolute Gasteiger partial charge is 0.354 e. The van der Waals surface area contributed by atoms with E-state index in [9.17, 15) is 0 Å². The molecule has 1 aromatic carbocycles. The molecule has 2 fully saturated rings. The zero-order valence-corrected chi connectivity index (χ0v) is 12.7. The molecule has 3 heteroatoms. The summed E-state index contributed by atoms with van der Waals surface area (Å²) in [7, 11) is 0. The molecule has 0 radical (unpaired) electrons. The summed E-state index contributed by atoms with van der Waals surface area (Å²) in [6, 6.07) is 12.2. The Bertz CT molecular complexity index is 644. The van der Waals surface area contributed by atoms with Crippen molar-refractivity contribution in [3.63, 3.8) is 0 Å². The Hall–Kier alpha value is -1.61. The molecule has 0 amide bonds. The molecule has 1 N–H and O–H groups in total. The highest BCUT2D eigenvalue weighted by molar-refractivity contribution is 5.82. The summed E-state index contributed by atoms with van der Waals surface area (Å²) in [6.07, 6.45) is 5.29. The third-order valence-electron chi connectivity index (χ3n) is 4.54. The van der Waals surface area contributed by atoms with Crippen LogP contribution < -0.4 is 10.2 Å². The predicted octanol–water partition coefficient (Wildman–Crippen LogP) is 3.48. The lowest BCUT2D eigenvalue weighted by Crippen LogP contribution is -2.28. The fourth-order valence-corrected chi connectivity index (χ4v) is 3.04. The average Bonchev–Trinajstić information content (AvgIpc) is 3.38. The Labute approximate surface area is 126 Å². The molecule has 4 rings (SSSR count). The second-order valence-corrected chi connectivity index (χ2v) is 6.34. The van der Waals surface area contributed by atoms with Gasteiger partial charge in [0.1, 0.15) is 5.82 Å². The molecule has 0 unspecified atom stereocenters. The maximum atomic E-state index is 4.99. The zero-order chi connectivity index (χ0) is 14.2. The smallest absolute Gasteiger partial charge is 0.134 e. The molecule has 2 aliphatic carbocycles. The lowest BCUT2D eigenvalue weighted by Gasteiger charge is -2.25. The quantitative estimate of drug-likeness (QED) is 0.878. The van der Waals surface area contributed by atoms with Gasteiger partial charge in [0.25, 0.3) is 0 Å². The number of benzene rings is 1. The number of rotatable bonds is 6. The van der Waals surface area contributed by atoms with E-state index in [1.165, 1.54) is 42.5 Å². The summed E-state index contributed by atoms with van der Waals surface area (Å²) >= 11 is 0. The van der Waals surface area contributed by atoms with Crippen LogP contribution in [0.25, 0.3) is 10.9 Å². The molecule has 0 spiro atoms. The van der Waals surface area contributed by atoms with Crippen molar-refractivity contribution in [2.75, 3.05) is 11.4 Å². The summed E-state index contributed by atoms with van der Waals surface area (Å²) in [6.45, 7) is 4.24. The van der Waals surface area contributed by atoms with Gasteiger partial charge in [0.05, 0.1) is 5.52 Å². The highest BCUT2D eigenvalue weighted by Gasteiger charge is 2.30. The van der Waals surface area contributed by atoms with Crippen LogP contribution in [0.2, 0.25) is 0 Å². The van der Waals surface area contributed by atoms with E-state index < -0.39 is 0 Å². The Morgan fingerprint density at radius 3 is 2.71 bits per heavy atom. The fourth-order valence-electron chi connectivity index (χ4n) is 3.04. The van der Waals surface area contributed by atoms with Crippen LogP contribution in [0.1, 0.15) is 38.2 Å². The molecule has 2 saturated carbocycles. The molecular formula is C18H23N3. The van der Waals surface area contributed by atoms with Gasteiger partial charge in [-0.25, -0.2) is 4.98 Å². The monoisotopic (exact) mass is 281 g/mol. The summed E-state index contributed by atoms with van der Waals surface area (Å²) in [5.74, 6) is 1.20. The molecule has 3 nitrogen and oxygen atoms in total. The highest BCUT2D eigenvalue weighted by atomic mass is 15.2. The summed E-state index contributed by atoms with van der Waals surface area (Å²) in [4.78, 5) is 7.49. The number of para-hydroxylation sites is 1. The number of aromatic nitrogens is 1. The van der Waals surface area contributed by atoms with E-state index in [0.29, 0.717) is 6.04 Å². The van der Waals surface area contributed by atoms with Gasteiger partial charge in [-0.2, -0.15) is 0 Å². The number of hydrogen-bond donors (Lipinski definition) is 1. The van der Waals surface area contributed by atoms with Crippen LogP contribution in [0.5, 0.6) is 0 Å². The Balaban J connectivity index is 1.73. The number of pyridine rings is 1. The summed E-state index contributed by atoms with van der Waals surface area (Å²) < 4.78 is 0. The fraction of sp³-hybridized carbons (Fsp3) is 0.500. The number of fused-ring (bicyclic) bond motifs is 1. The molecule has 0 aliphatic heterocycles. The maximum Gasteiger partial charge on any atom is 0.134 e. The molecule has 0 bridgehead atoms. The van der Waals surface area contributed by atoms with Gasteiger partial charge in [-0.15, -0.1) is 0 Å². The zero-order valence-electron chi connectivity index (χ0n) is 12.7. The van der Waals surface area contributed by atoms with Crippen molar-refractivity contribution < 1.29 is 0 Å². The first-order valence-corrected chi connectivity index (χ1v) is 8.24. The molecule has 1 heterocycles. The maximum absolute atomic E-state index is 4.99. The molecule has 2 aliphatic rings. The van der Waals surface area contributed by atoms with E-state index in [1.807, 2.05) is 0 Å². The molecule has 110 valence electrons. The van der Waals surface area contributed by atoms with Crippen molar-refractivity contribution in [3.05, 3.63) is 35.9 Å². The normalized spacial score (nSPS) is 18.1. The van der Waals surface area contributed by atoms with Gasteiger partial charge in [-0.05, 0) is 44.7 Å². The van der Waals surface area contributed by atoms with Crippen LogP contribution in [0.4, 0.5) is 5.82 Å². The van der Waals surface area contributed by atoms with Gasteiger partial charge in [-0.3, -0.25) is 0 Å². The minimum absolute atomic E-state index is 0.711. The van der Waals surface area contributed by atoms with E-state index in [0.717, 1.165) is 24.6 Å². The van der Waals surface area contributed by atoms with Gasteiger partial charge in [-0.1, -0.05) is 18.2 Å². The Morgan fingerprint density at radius 1 is 1.19 bits per heavy atom. The Morgan fingerprint density at radius 2 is 2.00 bits per heavy atom. The van der Waals surface area contributed by atoms with Gasteiger partial charge >= 0.3 is 0 Å². The first-order chi connectivity index (χ1) is 10.3. The number of nitrogens with zero attached hydrogens (tertiary/aromatic N) is 2. The van der Waals surface area contributed by atoms with E-state index in [2.05, 4.69) is 47.5 Å². The predicted molar refractivity (Wildman–Crippen MR) is 87.6 cm³/mol. The van der Waals surface area contributed by atoms with Crippen LogP contribution >= 0.6 is 0 Å². The summed E-state index contributed by atoms with van der Waals surface area (Å²) in [5, 5.41) is 4.90. The van der Waals surface area contributed by atoms with Crippen LogP contribution in [0.3, 0.4) is 0 Å². The van der Waals surface area contributed by atoms with Gasteiger partial charge in [0.2, 0.25) is 0 Å². The van der Waals surface area contributed by atoms with Crippen molar-refractivity contribution in [2.45, 2.75) is 51.2 Å². The minimum Gasteiger partial charge on any atom is -0.354 e. The minimum atomic E-state index is 0.711. The second kappa shape index (κ2) is 5.30. The van der Waals surface area contributed by atoms with E-state index in [-0.39, 0.29) is 0 Å². The molecular weight excluding hydrogens is 258 g/mol. The third kappa shape index (κ3) is 2.75. The number of anilines is 1. The van der Waals surface area contributed by atoms with Crippen LogP contribution in [-0.2, 0) is 6.54 Å². The standard InChI is InChI=1S/C18H23N3/c1-2-21(16-9-10-16)18-14(12-19-15-7-8-15)11-13-5-3-4-6-17(13)20-18/h3-6,11,15-16,19H,2,7-10,12H2,1H3. The second-order valence-electron chi connectivity index (χ2n) is 6.34. The first-order valence-electron chi connectivity index (χ1n) is 8.24. The lowest BCUT2D eigenvalue weighted by molar-refractivity contribution is 0.680. The van der Waals surface area contributed by atoms with Gasteiger partial charge < -0.3 is 10.2 Å². The van der Waals surface area contributed by atoms with Crippen LogP contribution in [-0.4, -0.2) is 23.6 Å². The van der Waals surface area contributed by atoms with Crippen molar-refractivity contribution in [1.29, 1.82) is 0 Å². The van der Waals surface area contributed by atoms with E-state index in [4.69, 9.17) is 4.98 Å². The topological polar surface area (TPSA) is 28.2 Å². The first kappa shape index (κ1) is 13.1. The molecule has 21 heavy (non-hydrogen) atoms. The molecule has 0 atom stereocenters. The van der Waals surface area contributed by atoms with Gasteiger partial charge in [0, 0.05) is 36.1 Å². The SMILES string of the molecule is CCN(c1nc2ccccc2cc1CNC1CC1)C1CC1. The lowest BCUT2D eigenvalue weighted by atomic mass is 10.1. The van der Waals surface area contributed by atoms with Crippen molar-refractivity contribution >= 4 is 16.7 Å². The highest BCUT2D eigenvalue weighted by Crippen LogP contribution is 2.34. The molecule has 1 aromatic heterocycles. The van der Waals surface area contributed by atoms with Crippen molar-refractivity contribution in [1.82, 2.24) is 10.3 Å². The Kier molecular flexibility index (Phi) is 3.30. The third-order valence-corrected chi connectivity index (χ3v) is 4.54. The van der Waals surface area contributed by atoms with Crippen LogP contribution in [0.15, 0.2) is 30.3 Å². The number of hydrogen-bond acceptors (Lipinski definition) is 3. The molecule has 0 saturated heterocycles. The average molecular weight is 281 g/mol. The van der Waals surface area contributed by atoms with Crippen LogP contribution in [0, 0.1) is 0 Å². The van der Waals surface area contributed by atoms with Crippen molar-refractivity contribution in [3.8, 4) is 0 Å².